The number of ether oxygens (including phenoxy) is 1. The van der Waals surface area contributed by atoms with Crippen molar-refractivity contribution < 1.29 is 9.53 Å². The molecule has 0 aromatic rings. The summed E-state index contributed by atoms with van der Waals surface area (Å²) in [4.78, 5) is 11.7. The highest BCUT2D eigenvalue weighted by Crippen LogP contribution is 2.10. The molecule has 17 heavy (non-hydrogen) atoms. The lowest BCUT2D eigenvalue weighted by Crippen LogP contribution is -2.39. The molecule has 0 radical (unpaired) electrons. The molecule has 0 aliphatic heterocycles. The summed E-state index contributed by atoms with van der Waals surface area (Å²) in [6, 6.07) is -0.130. The van der Waals surface area contributed by atoms with E-state index >= 15 is 0 Å². The Morgan fingerprint density at radius 1 is 1.35 bits per heavy atom. The monoisotopic (exact) mass is 261 g/mol. The number of carbonyl (C=O) groups is 1. The third kappa shape index (κ3) is 9.48. The number of hydrogen-bond donors (Lipinski definition) is 1. The van der Waals surface area contributed by atoms with Crippen LogP contribution in [0.4, 0.5) is 0 Å². The largest absolute Gasteiger partial charge is 0.465 e. The predicted octanol–water partition coefficient (Wildman–Crippen LogP) is 2.70. The van der Waals surface area contributed by atoms with E-state index in [1.807, 2.05) is 18.7 Å². The molecule has 0 heterocycles. The number of thioether (sulfide) groups is 1. The molecule has 4 heteroatoms. The van der Waals surface area contributed by atoms with Crippen LogP contribution in [0.15, 0.2) is 0 Å². The molecule has 0 aliphatic rings. The Labute approximate surface area is 110 Å². The second-order valence-corrected chi connectivity index (χ2v) is 5.67. The highest BCUT2D eigenvalue weighted by atomic mass is 32.2. The molecule has 0 saturated carbocycles. The van der Waals surface area contributed by atoms with Gasteiger partial charge < -0.3 is 10.1 Å². The van der Waals surface area contributed by atoms with Crippen LogP contribution in [0, 0.1) is 5.92 Å². The maximum atomic E-state index is 11.7. The van der Waals surface area contributed by atoms with Crippen LogP contribution in [0.3, 0.4) is 0 Å². The third-order valence-electron chi connectivity index (χ3n) is 2.21. The Hall–Kier alpha value is -0.220. The predicted molar refractivity (Wildman–Crippen MR) is 75.5 cm³/mol. The Bertz CT molecular complexity index is 198. The molecule has 0 rings (SSSR count). The molecule has 102 valence electrons. The minimum absolute atomic E-state index is 0.105. The lowest BCUT2D eigenvalue weighted by molar-refractivity contribution is -0.145. The molecule has 0 amide bonds. The standard InChI is InChI=1S/C13H27NO2S/c1-5-8-14-12(13(15)16-6-2)7-9-17-10-11(3)4/h11-12,14H,5-10H2,1-4H3. The number of nitrogens with one attached hydrogen (secondary N) is 1. The summed E-state index contributed by atoms with van der Waals surface area (Å²) < 4.78 is 5.07. The normalized spacial score (nSPS) is 12.8. The Morgan fingerprint density at radius 2 is 2.06 bits per heavy atom. The van der Waals surface area contributed by atoms with Crippen LogP contribution < -0.4 is 5.32 Å². The molecule has 0 fully saturated rings. The molecular weight excluding hydrogens is 234 g/mol. The summed E-state index contributed by atoms with van der Waals surface area (Å²) in [5.41, 5.74) is 0. The lowest BCUT2D eigenvalue weighted by atomic mass is 10.2. The zero-order valence-corrected chi connectivity index (χ0v) is 12.4. The zero-order chi connectivity index (χ0) is 13.1. The zero-order valence-electron chi connectivity index (χ0n) is 11.6. The van der Waals surface area contributed by atoms with Crippen molar-refractivity contribution in [2.24, 2.45) is 5.92 Å². The third-order valence-corrected chi connectivity index (χ3v) is 3.64. The van der Waals surface area contributed by atoms with E-state index in [1.54, 1.807) is 0 Å². The van der Waals surface area contributed by atoms with Gasteiger partial charge in [-0.3, -0.25) is 4.79 Å². The van der Waals surface area contributed by atoms with Gasteiger partial charge >= 0.3 is 5.97 Å². The molecule has 0 aromatic heterocycles. The highest BCUT2D eigenvalue weighted by molar-refractivity contribution is 7.99. The van der Waals surface area contributed by atoms with Crippen LogP contribution >= 0.6 is 11.8 Å². The molecular formula is C13H27NO2S. The van der Waals surface area contributed by atoms with Crippen LogP contribution in [0.25, 0.3) is 0 Å². The van der Waals surface area contributed by atoms with Gasteiger partial charge in [0.2, 0.25) is 0 Å². The van der Waals surface area contributed by atoms with Gasteiger partial charge in [0, 0.05) is 0 Å². The summed E-state index contributed by atoms with van der Waals surface area (Å²) in [6.45, 7) is 9.71. The molecule has 1 N–H and O–H groups in total. The number of carbonyl (C=O) groups excluding carboxylic acids is 1. The van der Waals surface area contributed by atoms with E-state index in [2.05, 4.69) is 26.1 Å². The van der Waals surface area contributed by atoms with Gasteiger partial charge in [0.1, 0.15) is 6.04 Å². The quantitative estimate of drug-likeness (QED) is 0.485. The van der Waals surface area contributed by atoms with E-state index in [4.69, 9.17) is 4.74 Å². The minimum atomic E-state index is -0.130. The topological polar surface area (TPSA) is 38.3 Å². The molecule has 0 saturated heterocycles. The molecule has 0 aliphatic carbocycles. The van der Waals surface area contributed by atoms with Crippen molar-refractivity contribution in [3.63, 3.8) is 0 Å². The van der Waals surface area contributed by atoms with Crippen molar-refractivity contribution in [3.05, 3.63) is 0 Å². The Kier molecular flexibility index (Phi) is 10.8. The first kappa shape index (κ1) is 16.8. The summed E-state index contributed by atoms with van der Waals surface area (Å²) in [7, 11) is 0. The first-order chi connectivity index (χ1) is 8.11. The van der Waals surface area contributed by atoms with Crippen molar-refractivity contribution in [1.82, 2.24) is 5.32 Å². The smallest absolute Gasteiger partial charge is 0.323 e. The van der Waals surface area contributed by atoms with Gasteiger partial charge in [-0.05, 0) is 43.7 Å². The summed E-state index contributed by atoms with van der Waals surface area (Å²) >= 11 is 1.91. The van der Waals surface area contributed by atoms with Crippen LogP contribution in [0.1, 0.15) is 40.5 Å². The van der Waals surface area contributed by atoms with Crippen molar-refractivity contribution in [3.8, 4) is 0 Å². The fourth-order valence-electron chi connectivity index (χ4n) is 1.38. The van der Waals surface area contributed by atoms with E-state index in [0.29, 0.717) is 12.5 Å². The molecule has 0 bridgehead atoms. The van der Waals surface area contributed by atoms with Gasteiger partial charge in [-0.15, -0.1) is 0 Å². The maximum Gasteiger partial charge on any atom is 0.323 e. The first-order valence-electron chi connectivity index (χ1n) is 6.59. The Balaban J connectivity index is 3.88. The maximum absolute atomic E-state index is 11.7. The summed E-state index contributed by atoms with van der Waals surface area (Å²) in [6.07, 6.45) is 1.89. The summed E-state index contributed by atoms with van der Waals surface area (Å²) in [5.74, 6) is 2.78. The van der Waals surface area contributed by atoms with Gasteiger partial charge in [0.25, 0.3) is 0 Å². The van der Waals surface area contributed by atoms with E-state index in [-0.39, 0.29) is 12.0 Å². The van der Waals surface area contributed by atoms with Gasteiger partial charge in [0.05, 0.1) is 6.61 Å². The van der Waals surface area contributed by atoms with Gasteiger partial charge in [0.15, 0.2) is 0 Å². The van der Waals surface area contributed by atoms with Gasteiger partial charge in [-0.1, -0.05) is 20.8 Å². The minimum Gasteiger partial charge on any atom is -0.465 e. The fraction of sp³-hybridized carbons (Fsp3) is 0.923. The van der Waals surface area contributed by atoms with Crippen LogP contribution in [0.5, 0.6) is 0 Å². The lowest BCUT2D eigenvalue weighted by Gasteiger charge is -2.16. The van der Waals surface area contributed by atoms with Crippen molar-refractivity contribution in [2.45, 2.75) is 46.6 Å². The number of rotatable bonds is 10. The van der Waals surface area contributed by atoms with Crippen LogP contribution in [-0.2, 0) is 9.53 Å². The van der Waals surface area contributed by atoms with Crippen LogP contribution in [-0.4, -0.2) is 36.7 Å². The van der Waals surface area contributed by atoms with Crippen molar-refractivity contribution >= 4 is 17.7 Å². The molecule has 1 atom stereocenters. The Morgan fingerprint density at radius 3 is 2.59 bits per heavy atom. The molecule has 0 spiro atoms. The SMILES string of the molecule is CCCNC(CCSCC(C)C)C(=O)OCC. The second-order valence-electron chi connectivity index (χ2n) is 4.52. The van der Waals surface area contributed by atoms with Crippen molar-refractivity contribution in [2.75, 3.05) is 24.7 Å². The first-order valence-corrected chi connectivity index (χ1v) is 7.75. The van der Waals surface area contributed by atoms with E-state index in [1.165, 1.54) is 0 Å². The summed E-state index contributed by atoms with van der Waals surface area (Å²) in [5, 5.41) is 3.25. The van der Waals surface area contributed by atoms with E-state index in [9.17, 15) is 4.79 Å². The second kappa shape index (κ2) is 10.9. The fourth-order valence-corrected chi connectivity index (χ4v) is 2.43. The number of hydrogen-bond acceptors (Lipinski definition) is 4. The average Bonchev–Trinajstić information content (AvgIpc) is 2.28. The van der Waals surface area contributed by atoms with Gasteiger partial charge in [-0.25, -0.2) is 0 Å². The van der Waals surface area contributed by atoms with Crippen molar-refractivity contribution in [1.29, 1.82) is 0 Å². The number of esters is 1. The molecule has 0 aromatic carbocycles. The van der Waals surface area contributed by atoms with Gasteiger partial charge in [-0.2, -0.15) is 11.8 Å². The molecule has 3 nitrogen and oxygen atoms in total. The average molecular weight is 261 g/mol. The van der Waals surface area contributed by atoms with E-state index in [0.717, 1.165) is 30.9 Å². The highest BCUT2D eigenvalue weighted by Gasteiger charge is 2.18. The molecule has 1 unspecified atom stereocenters. The van der Waals surface area contributed by atoms with E-state index < -0.39 is 0 Å². The van der Waals surface area contributed by atoms with Crippen LogP contribution in [0.2, 0.25) is 0 Å².